The molecule has 5 heteroatoms. The highest BCUT2D eigenvalue weighted by atomic mass is 32.2. The maximum atomic E-state index is 10.6. The quantitative estimate of drug-likeness (QED) is 0.821. The second-order valence-corrected chi connectivity index (χ2v) is 5.99. The van der Waals surface area contributed by atoms with Gasteiger partial charge in [-0.2, -0.15) is 0 Å². The minimum atomic E-state index is -0.879. The van der Waals surface area contributed by atoms with Gasteiger partial charge in [-0.25, -0.2) is 9.59 Å². The van der Waals surface area contributed by atoms with E-state index in [2.05, 4.69) is 11.4 Å². The molecule has 2 unspecified atom stereocenters. The Balaban J connectivity index is 0.000000172. The van der Waals surface area contributed by atoms with Crippen molar-refractivity contribution in [1.29, 1.82) is 0 Å². The molecule has 0 amide bonds. The summed E-state index contributed by atoms with van der Waals surface area (Å²) in [5.41, 5.74) is 1.09. The highest BCUT2D eigenvalue weighted by Crippen LogP contribution is 2.29. The number of hydrogen-bond acceptors (Lipinski definition) is 4. The summed E-state index contributed by atoms with van der Waals surface area (Å²) in [5.74, 6) is 2.46. The molecule has 0 saturated carbocycles. The van der Waals surface area contributed by atoms with Crippen LogP contribution < -0.4 is 5.32 Å². The van der Waals surface area contributed by atoms with Crippen LogP contribution in [-0.4, -0.2) is 34.7 Å². The van der Waals surface area contributed by atoms with Crippen molar-refractivity contribution < 1.29 is 14.7 Å². The van der Waals surface area contributed by atoms with Crippen LogP contribution >= 0.6 is 11.8 Å². The SMILES string of the molecule is O=C(O)c1ccccc1.O=C=C1C=CC=CC1C1NCCS1. The molecule has 4 nitrogen and oxygen atoms in total. The number of carbonyl (C=O) groups excluding carboxylic acids is 1. The molecule has 1 aliphatic heterocycles. The molecular formula is C17H17NO3S. The zero-order valence-corrected chi connectivity index (χ0v) is 12.8. The first kappa shape index (κ1) is 16.3. The fourth-order valence-corrected chi connectivity index (χ4v) is 3.35. The standard InChI is InChI=1S/C10H11NOS.C7H6O2/c12-7-8-3-1-2-4-9(8)10-11-5-6-13-10;8-7(9)6-4-2-1-3-5-6/h1-4,9-11H,5-6H2;1-5H,(H,8,9). The number of nitrogens with one attached hydrogen (secondary N) is 1. The molecule has 114 valence electrons. The van der Waals surface area contributed by atoms with Crippen LogP contribution in [0, 0.1) is 5.92 Å². The van der Waals surface area contributed by atoms with Crippen LogP contribution in [0.15, 0.2) is 60.2 Å². The van der Waals surface area contributed by atoms with Gasteiger partial charge in [0.25, 0.3) is 0 Å². The molecule has 1 fully saturated rings. The summed E-state index contributed by atoms with van der Waals surface area (Å²) < 4.78 is 0. The van der Waals surface area contributed by atoms with Gasteiger partial charge in [0.05, 0.1) is 10.9 Å². The van der Waals surface area contributed by atoms with Gasteiger partial charge < -0.3 is 10.4 Å². The maximum Gasteiger partial charge on any atom is 0.335 e. The summed E-state index contributed by atoms with van der Waals surface area (Å²) in [6.45, 7) is 1.04. The normalized spacial score (nSPS) is 22.6. The van der Waals surface area contributed by atoms with E-state index in [9.17, 15) is 9.59 Å². The predicted molar refractivity (Wildman–Crippen MR) is 88.6 cm³/mol. The van der Waals surface area contributed by atoms with Gasteiger partial charge in [0.1, 0.15) is 5.94 Å². The van der Waals surface area contributed by atoms with Crippen molar-refractivity contribution in [3.63, 3.8) is 0 Å². The van der Waals surface area contributed by atoms with Gasteiger partial charge in [-0.05, 0) is 18.2 Å². The lowest BCUT2D eigenvalue weighted by atomic mass is 9.95. The molecular weight excluding hydrogens is 298 g/mol. The van der Waals surface area contributed by atoms with Gasteiger partial charge in [-0.15, -0.1) is 11.8 Å². The summed E-state index contributed by atoms with van der Waals surface area (Å²) in [7, 11) is 0. The Kier molecular flexibility index (Phi) is 6.22. The van der Waals surface area contributed by atoms with Crippen LogP contribution in [-0.2, 0) is 4.79 Å². The van der Waals surface area contributed by atoms with Gasteiger partial charge in [-0.1, -0.05) is 36.4 Å². The van der Waals surface area contributed by atoms with E-state index in [1.807, 2.05) is 35.9 Å². The number of carboxylic acid groups (broad SMARTS) is 1. The van der Waals surface area contributed by atoms with Gasteiger partial charge in [0, 0.05) is 23.8 Å². The van der Waals surface area contributed by atoms with Gasteiger partial charge in [0.2, 0.25) is 0 Å². The van der Waals surface area contributed by atoms with E-state index in [0.29, 0.717) is 10.9 Å². The van der Waals surface area contributed by atoms with E-state index in [-0.39, 0.29) is 5.92 Å². The summed E-state index contributed by atoms with van der Waals surface area (Å²) in [4.78, 5) is 20.8. The number of benzene rings is 1. The minimum absolute atomic E-state index is 0.204. The number of allylic oxidation sites excluding steroid dienone is 3. The summed E-state index contributed by atoms with van der Waals surface area (Å²) in [6.07, 6.45) is 7.79. The first-order valence-electron chi connectivity index (χ1n) is 6.95. The van der Waals surface area contributed by atoms with Crippen LogP contribution in [0.1, 0.15) is 10.4 Å². The van der Waals surface area contributed by atoms with Crippen molar-refractivity contribution in [2.45, 2.75) is 5.37 Å². The lowest BCUT2D eigenvalue weighted by Gasteiger charge is -2.20. The first-order chi connectivity index (χ1) is 10.7. The molecule has 1 aromatic carbocycles. The number of carbonyl (C=O) groups is 1. The smallest absolute Gasteiger partial charge is 0.335 e. The highest BCUT2D eigenvalue weighted by Gasteiger charge is 2.26. The van der Waals surface area contributed by atoms with Gasteiger partial charge in [0.15, 0.2) is 0 Å². The van der Waals surface area contributed by atoms with Crippen molar-refractivity contribution >= 4 is 23.7 Å². The largest absolute Gasteiger partial charge is 0.478 e. The van der Waals surface area contributed by atoms with Crippen molar-refractivity contribution in [3.8, 4) is 0 Å². The Labute approximate surface area is 133 Å². The van der Waals surface area contributed by atoms with E-state index in [0.717, 1.165) is 17.9 Å². The van der Waals surface area contributed by atoms with Crippen LogP contribution in [0.2, 0.25) is 0 Å². The van der Waals surface area contributed by atoms with E-state index in [4.69, 9.17) is 5.11 Å². The molecule has 3 rings (SSSR count). The van der Waals surface area contributed by atoms with Gasteiger partial charge >= 0.3 is 5.97 Å². The van der Waals surface area contributed by atoms with Gasteiger partial charge in [-0.3, -0.25) is 0 Å². The number of thioether (sulfide) groups is 1. The first-order valence-corrected chi connectivity index (χ1v) is 8.00. The van der Waals surface area contributed by atoms with Crippen LogP contribution in [0.4, 0.5) is 0 Å². The number of hydrogen-bond donors (Lipinski definition) is 2. The lowest BCUT2D eigenvalue weighted by Crippen LogP contribution is -2.29. The molecule has 0 spiro atoms. The zero-order valence-electron chi connectivity index (χ0n) is 11.9. The van der Waals surface area contributed by atoms with Crippen molar-refractivity contribution in [1.82, 2.24) is 5.32 Å². The minimum Gasteiger partial charge on any atom is -0.478 e. The molecule has 1 aliphatic carbocycles. The molecule has 2 N–H and O–H groups in total. The average molecular weight is 315 g/mol. The zero-order chi connectivity index (χ0) is 15.8. The second-order valence-electron chi connectivity index (χ2n) is 4.74. The van der Waals surface area contributed by atoms with Crippen molar-refractivity contribution in [2.24, 2.45) is 5.92 Å². The van der Waals surface area contributed by atoms with Crippen LogP contribution in [0.5, 0.6) is 0 Å². The summed E-state index contributed by atoms with van der Waals surface area (Å²) in [5, 5.41) is 12.1. The molecule has 1 heterocycles. The number of aromatic carboxylic acids is 1. The topological polar surface area (TPSA) is 66.4 Å². The van der Waals surface area contributed by atoms with E-state index in [1.54, 1.807) is 30.3 Å². The molecule has 1 saturated heterocycles. The van der Waals surface area contributed by atoms with E-state index >= 15 is 0 Å². The Hall–Kier alpha value is -2.07. The number of rotatable bonds is 2. The number of carboxylic acids is 1. The fourth-order valence-electron chi connectivity index (χ4n) is 2.18. The van der Waals surface area contributed by atoms with Crippen LogP contribution in [0.25, 0.3) is 0 Å². The molecule has 0 aromatic heterocycles. The van der Waals surface area contributed by atoms with E-state index < -0.39 is 5.97 Å². The molecule has 2 aliphatic rings. The highest BCUT2D eigenvalue weighted by molar-refractivity contribution is 8.00. The molecule has 22 heavy (non-hydrogen) atoms. The molecule has 1 aromatic rings. The predicted octanol–water partition coefficient (Wildman–Crippen LogP) is 2.53. The lowest BCUT2D eigenvalue weighted by molar-refractivity contribution is 0.0697. The third-order valence-electron chi connectivity index (χ3n) is 3.27. The van der Waals surface area contributed by atoms with Crippen LogP contribution in [0.3, 0.4) is 0 Å². The second kappa shape index (κ2) is 8.39. The summed E-state index contributed by atoms with van der Waals surface area (Å²) >= 11 is 1.87. The third kappa shape index (κ3) is 4.46. The average Bonchev–Trinajstić information content (AvgIpc) is 3.10. The monoisotopic (exact) mass is 315 g/mol. The Bertz CT molecular complexity index is 612. The van der Waals surface area contributed by atoms with E-state index in [1.165, 1.54) is 0 Å². The maximum absolute atomic E-state index is 10.6. The Morgan fingerprint density at radius 2 is 2.05 bits per heavy atom. The fraction of sp³-hybridized carbons (Fsp3) is 0.235. The molecule has 0 radical (unpaired) electrons. The Morgan fingerprint density at radius 3 is 2.59 bits per heavy atom. The summed E-state index contributed by atoms with van der Waals surface area (Å²) in [6, 6.07) is 8.30. The Morgan fingerprint density at radius 1 is 1.27 bits per heavy atom. The van der Waals surface area contributed by atoms with Crippen molar-refractivity contribution in [2.75, 3.05) is 12.3 Å². The van der Waals surface area contributed by atoms with Crippen molar-refractivity contribution in [3.05, 3.63) is 65.8 Å². The molecule has 2 atom stereocenters. The third-order valence-corrected chi connectivity index (χ3v) is 4.53. The molecule has 0 bridgehead atoms.